The Bertz CT molecular complexity index is 215. The van der Waals surface area contributed by atoms with Crippen molar-refractivity contribution in [1.29, 1.82) is 0 Å². The van der Waals surface area contributed by atoms with Gasteiger partial charge in [-0.15, -0.1) is 0 Å². The lowest BCUT2D eigenvalue weighted by molar-refractivity contribution is -0.152. The van der Waals surface area contributed by atoms with Crippen molar-refractivity contribution in [1.82, 2.24) is 4.90 Å². The summed E-state index contributed by atoms with van der Waals surface area (Å²) >= 11 is 0. The lowest BCUT2D eigenvalue weighted by atomic mass is 10.1. The van der Waals surface area contributed by atoms with E-state index < -0.39 is 0 Å². The largest absolute Gasteiger partial charge is 0.394 e. The van der Waals surface area contributed by atoms with E-state index in [1.807, 2.05) is 18.7 Å². The minimum Gasteiger partial charge on any atom is -0.394 e. The molecule has 0 aromatic heterocycles. The van der Waals surface area contributed by atoms with E-state index in [-0.39, 0.29) is 24.1 Å². The summed E-state index contributed by atoms with van der Waals surface area (Å²) in [4.78, 5) is 13.0. The van der Waals surface area contributed by atoms with E-state index in [0.717, 1.165) is 6.54 Å². The summed E-state index contributed by atoms with van der Waals surface area (Å²) in [7, 11) is 0. The van der Waals surface area contributed by atoms with Gasteiger partial charge in [0.1, 0.15) is 5.78 Å². The van der Waals surface area contributed by atoms with Crippen LogP contribution in [-0.4, -0.2) is 53.7 Å². The van der Waals surface area contributed by atoms with Gasteiger partial charge in [0.15, 0.2) is 0 Å². The second-order valence-corrected chi connectivity index (χ2v) is 4.55. The predicted octanol–water partition coefficient (Wildman–Crippen LogP) is 0.0471. The van der Waals surface area contributed by atoms with E-state index in [0.29, 0.717) is 13.1 Å². The van der Waals surface area contributed by atoms with Gasteiger partial charge in [-0.05, 0) is 20.8 Å². The zero-order valence-electron chi connectivity index (χ0n) is 9.12. The second kappa shape index (κ2) is 4.38. The summed E-state index contributed by atoms with van der Waals surface area (Å²) in [6, 6.07) is 0. The molecule has 1 aliphatic rings. The highest BCUT2D eigenvalue weighted by atomic mass is 16.5. The van der Waals surface area contributed by atoms with E-state index in [1.165, 1.54) is 0 Å². The molecule has 4 heteroatoms. The topological polar surface area (TPSA) is 49.8 Å². The average molecular weight is 201 g/mol. The first-order chi connectivity index (χ1) is 6.43. The highest BCUT2D eigenvalue weighted by Crippen LogP contribution is 2.20. The van der Waals surface area contributed by atoms with E-state index in [4.69, 9.17) is 9.84 Å². The Balaban J connectivity index is 2.56. The Hall–Kier alpha value is -0.450. The van der Waals surface area contributed by atoms with Crippen LogP contribution in [0.5, 0.6) is 0 Å². The van der Waals surface area contributed by atoms with Crippen molar-refractivity contribution >= 4 is 5.78 Å². The number of hydrogen-bond donors (Lipinski definition) is 1. The first-order valence-corrected chi connectivity index (χ1v) is 4.93. The molecule has 1 fully saturated rings. The molecule has 1 heterocycles. The number of hydrogen-bond acceptors (Lipinski definition) is 4. The fraction of sp³-hybridized carbons (Fsp3) is 0.900. The van der Waals surface area contributed by atoms with Crippen LogP contribution >= 0.6 is 0 Å². The number of ketones is 1. The Labute approximate surface area is 84.8 Å². The molecule has 82 valence electrons. The fourth-order valence-corrected chi connectivity index (χ4v) is 1.95. The van der Waals surface area contributed by atoms with Crippen molar-refractivity contribution in [3.05, 3.63) is 0 Å². The van der Waals surface area contributed by atoms with Crippen LogP contribution in [0.4, 0.5) is 0 Å². The third-order valence-electron chi connectivity index (χ3n) is 2.20. The van der Waals surface area contributed by atoms with Crippen molar-refractivity contribution in [2.45, 2.75) is 32.5 Å². The number of nitrogens with zero attached hydrogens (tertiary/aromatic N) is 1. The molecule has 4 nitrogen and oxygen atoms in total. The van der Waals surface area contributed by atoms with Crippen LogP contribution in [0.3, 0.4) is 0 Å². The Kier molecular flexibility index (Phi) is 3.64. The molecule has 0 aromatic rings. The molecule has 1 N–H and O–H groups in total. The van der Waals surface area contributed by atoms with Crippen molar-refractivity contribution in [2.24, 2.45) is 0 Å². The minimum atomic E-state index is -0.277. The van der Waals surface area contributed by atoms with Crippen LogP contribution in [-0.2, 0) is 9.53 Å². The summed E-state index contributed by atoms with van der Waals surface area (Å²) in [5, 5.41) is 9.04. The number of aliphatic hydroxyl groups is 1. The molecule has 0 amide bonds. The van der Waals surface area contributed by atoms with E-state index >= 15 is 0 Å². The number of carbonyl (C=O) groups is 1. The van der Waals surface area contributed by atoms with Crippen LogP contribution in [0.25, 0.3) is 0 Å². The van der Waals surface area contributed by atoms with Crippen molar-refractivity contribution < 1.29 is 14.6 Å². The van der Waals surface area contributed by atoms with Gasteiger partial charge in [-0.2, -0.15) is 0 Å². The molecule has 0 aliphatic carbocycles. The number of aliphatic hydroxyl groups excluding tert-OH is 1. The summed E-state index contributed by atoms with van der Waals surface area (Å²) in [5.74, 6) is 0.152. The van der Waals surface area contributed by atoms with Gasteiger partial charge in [0.2, 0.25) is 0 Å². The number of ether oxygens (including phenoxy) is 1. The lowest BCUT2D eigenvalue weighted by Crippen LogP contribution is -2.54. The average Bonchev–Trinajstić information content (AvgIpc) is 1.99. The molecular weight excluding hydrogens is 182 g/mol. The lowest BCUT2D eigenvalue weighted by Gasteiger charge is -2.41. The zero-order valence-corrected chi connectivity index (χ0v) is 9.12. The summed E-state index contributed by atoms with van der Waals surface area (Å²) in [6.07, 6.45) is -0.168. The monoisotopic (exact) mass is 201 g/mol. The van der Waals surface area contributed by atoms with E-state index in [2.05, 4.69) is 0 Å². The maximum Gasteiger partial charge on any atom is 0.143 e. The van der Waals surface area contributed by atoms with Crippen molar-refractivity contribution in [2.75, 3.05) is 26.2 Å². The molecule has 1 unspecified atom stereocenters. The Morgan fingerprint density at radius 3 is 2.79 bits per heavy atom. The summed E-state index contributed by atoms with van der Waals surface area (Å²) in [5.41, 5.74) is -0.277. The second-order valence-electron chi connectivity index (χ2n) is 4.55. The minimum absolute atomic E-state index is 0.0117. The first kappa shape index (κ1) is 11.6. The van der Waals surface area contributed by atoms with Crippen LogP contribution < -0.4 is 0 Å². The summed E-state index contributed by atoms with van der Waals surface area (Å²) in [6.45, 7) is 7.37. The number of morpholine rings is 1. The summed E-state index contributed by atoms with van der Waals surface area (Å²) < 4.78 is 5.63. The number of rotatable bonds is 3. The number of carbonyl (C=O) groups excluding carboxylic acids is 1. The maximum absolute atomic E-state index is 11.0. The van der Waals surface area contributed by atoms with Crippen LogP contribution in [0.15, 0.2) is 0 Å². The molecule has 1 rings (SSSR count). The fourth-order valence-electron chi connectivity index (χ4n) is 1.95. The highest BCUT2D eigenvalue weighted by molar-refractivity contribution is 5.77. The Morgan fingerprint density at radius 2 is 2.29 bits per heavy atom. The smallest absolute Gasteiger partial charge is 0.143 e. The molecule has 1 atom stereocenters. The van der Waals surface area contributed by atoms with Gasteiger partial charge in [-0.3, -0.25) is 9.69 Å². The van der Waals surface area contributed by atoms with Gasteiger partial charge in [0.05, 0.1) is 24.9 Å². The molecule has 0 radical (unpaired) electrons. The quantitative estimate of drug-likeness (QED) is 0.701. The van der Waals surface area contributed by atoms with E-state index in [1.54, 1.807) is 6.92 Å². The van der Waals surface area contributed by atoms with Crippen molar-refractivity contribution in [3.63, 3.8) is 0 Å². The van der Waals surface area contributed by atoms with Gasteiger partial charge >= 0.3 is 0 Å². The highest BCUT2D eigenvalue weighted by Gasteiger charge is 2.33. The normalized spacial score (nSPS) is 27.6. The SMILES string of the molecule is CC(=O)CN1CC(CO)OC(C)(C)C1. The van der Waals surface area contributed by atoms with Crippen LogP contribution in [0.2, 0.25) is 0 Å². The van der Waals surface area contributed by atoms with Gasteiger partial charge in [-0.25, -0.2) is 0 Å². The molecule has 0 aromatic carbocycles. The third-order valence-corrected chi connectivity index (χ3v) is 2.20. The molecule has 14 heavy (non-hydrogen) atoms. The standard InChI is InChI=1S/C10H19NO3/c1-8(13)4-11-5-9(6-12)14-10(2,3)7-11/h9,12H,4-7H2,1-3H3. The van der Waals surface area contributed by atoms with Gasteiger partial charge in [0, 0.05) is 13.1 Å². The molecule has 1 aliphatic heterocycles. The van der Waals surface area contributed by atoms with Gasteiger partial charge < -0.3 is 9.84 Å². The van der Waals surface area contributed by atoms with Gasteiger partial charge in [-0.1, -0.05) is 0 Å². The molecular formula is C10H19NO3. The van der Waals surface area contributed by atoms with E-state index in [9.17, 15) is 4.79 Å². The maximum atomic E-state index is 11.0. The molecule has 0 spiro atoms. The molecule has 0 saturated carbocycles. The molecule has 1 saturated heterocycles. The molecule has 0 bridgehead atoms. The van der Waals surface area contributed by atoms with Crippen LogP contribution in [0, 0.1) is 0 Å². The predicted molar refractivity (Wildman–Crippen MR) is 53.2 cm³/mol. The van der Waals surface area contributed by atoms with Crippen molar-refractivity contribution in [3.8, 4) is 0 Å². The number of Topliss-reactive ketones (excluding diaryl/α,β-unsaturated/α-hetero) is 1. The Morgan fingerprint density at radius 1 is 1.64 bits per heavy atom. The zero-order chi connectivity index (χ0) is 10.8. The van der Waals surface area contributed by atoms with Gasteiger partial charge in [0.25, 0.3) is 0 Å². The van der Waals surface area contributed by atoms with Crippen LogP contribution in [0.1, 0.15) is 20.8 Å². The first-order valence-electron chi connectivity index (χ1n) is 4.93. The third kappa shape index (κ3) is 3.36.